The van der Waals surface area contributed by atoms with Gasteiger partial charge in [0.2, 0.25) is 5.82 Å². The van der Waals surface area contributed by atoms with Crippen molar-refractivity contribution in [3.63, 3.8) is 0 Å². The van der Waals surface area contributed by atoms with Crippen LogP contribution in [0.2, 0.25) is 0 Å². The summed E-state index contributed by atoms with van der Waals surface area (Å²) in [7, 11) is 0. The molecule has 0 aromatic carbocycles. The smallest absolute Gasteiger partial charge is 0.289 e. The maximum atomic E-state index is 12.5. The van der Waals surface area contributed by atoms with E-state index < -0.39 is 0 Å². The maximum Gasteiger partial charge on any atom is 0.289 e. The van der Waals surface area contributed by atoms with Crippen LogP contribution in [0.15, 0.2) is 6.07 Å². The number of hydrogen-bond acceptors (Lipinski definition) is 6. The maximum absolute atomic E-state index is 12.5. The topological polar surface area (TPSA) is 71.0 Å². The highest BCUT2D eigenvalue weighted by Gasteiger charge is 2.22. The van der Waals surface area contributed by atoms with E-state index in [9.17, 15) is 4.79 Å². The molecule has 2 aromatic heterocycles. The number of nitrogens with one attached hydrogen (secondary N) is 1. The number of nitrogens with zero attached hydrogens (tertiary/aromatic N) is 4. The molecular formula is C18H25N5OS. The molecule has 0 saturated carbocycles. The first-order chi connectivity index (χ1) is 12.0. The Labute approximate surface area is 152 Å². The summed E-state index contributed by atoms with van der Waals surface area (Å²) in [6, 6.07) is 2.05. The van der Waals surface area contributed by atoms with E-state index >= 15 is 0 Å². The number of rotatable bonds is 4. The van der Waals surface area contributed by atoms with E-state index in [2.05, 4.69) is 45.9 Å². The molecule has 1 amide bonds. The van der Waals surface area contributed by atoms with Gasteiger partial charge >= 0.3 is 0 Å². The quantitative estimate of drug-likeness (QED) is 0.905. The molecule has 1 N–H and O–H groups in total. The third-order valence-electron chi connectivity index (χ3n) is 4.16. The van der Waals surface area contributed by atoms with Gasteiger partial charge in [-0.25, -0.2) is 15.0 Å². The molecule has 0 aliphatic carbocycles. The first-order valence-corrected chi connectivity index (χ1v) is 9.88. The minimum Gasteiger partial charge on any atom is -0.354 e. The minimum absolute atomic E-state index is 0.207. The normalized spacial score (nSPS) is 15.0. The molecule has 3 rings (SSSR count). The number of aryl methyl sites for hydroxylation is 2. The Kier molecular flexibility index (Phi) is 5.42. The predicted octanol–water partition coefficient (Wildman–Crippen LogP) is 2.58. The molecule has 0 unspecified atom stereocenters. The Hall–Kier alpha value is -1.89. The van der Waals surface area contributed by atoms with Crippen LogP contribution in [-0.4, -0.2) is 52.0 Å². The Morgan fingerprint density at radius 2 is 1.96 bits per heavy atom. The Bertz CT molecular complexity index is 787. The molecule has 0 bridgehead atoms. The molecular weight excluding hydrogens is 334 g/mol. The first kappa shape index (κ1) is 17.9. The van der Waals surface area contributed by atoms with Crippen LogP contribution in [0.5, 0.6) is 0 Å². The second kappa shape index (κ2) is 7.56. The van der Waals surface area contributed by atoms with Crippen LogP contribution in [0.25, 0.3) is 11.0 Å². The van der Waals surface area contributed by atoms with Gasteiger partial charge in [-0.1, -0.05) is 13.8 Å². The number of amides is 1. The van der Waals surface area contributed by atoms with Gasteiger partial charge in [0.1, 0.15) is 5.82 Å². The summed E-state index contributed by atoms with van der Waals surface area (Å²) in [5.41, 5.74) is 2.61. The van der Waals surface area contributed by atoms with E-state index in [1.165, 1.54) is 0 Å². The summed E-state index contributed by atoms with van der Waals surface area (Å²) in [6.07, 6.45) is 0. The molecule has 1 saturated heterocycles. The summed E-state index contributed by atoms with van der Waals surface area (Å²) in [5, 5.41) is 3.86. The lowest BCUT2D eigenvalue weighted by Crippen LogP contribution is -2.35. The third kappa shape index (κ3) is 4.03. The van der Waals surface area contributed by atoms with Crippen LogP contribution in [0, 0.1) is 19.8 Å². The molecule has 1 fully saturated rings. The zero-order valence-electron chi connectivity index (χ0n) is 15.3. The molecule has 134 valence electrons. The van der Waals surface area contributed by atoms with Gasteiger partial charge in [-0.2, -0.15) is 11.8 Å². The van der Waals surface area contributed by atoms with E-state index in [-0.39, 0.29) is 11.7 Å². The number of pyridine rings is 1. The highest BCUT2D eigenvalue weighted by Crippen LogP contribution is 2.28. The van der Waals surface area contributed by atoms with Crippen molar-refractivity contribution in [3.8, 4) is 0 Å². The van der Waals surface area contributed by atoms with Crippen molar-refractivity contribution in [2.75, 3.05) is 36.0 Å². The van der Waals surface area contributed by atoms with Crippen molar-refractivity contribution in [1.29, 1.82) is 0 Å². The zero-order chi connectivity index (χ0) is 18.0. The van der Waals surface area contributed by atoms with Crippen molar-refractivity contribution >= 4 is 34.5 Å². The van der Waals surface area contributed by atoms with Gasteiger partial charge in [0.15, 0.2) is 5.65 Å². The number of anilines is 1. The molecule has 0 atom stereocenters. The minimum atomic E-state index is -0.232. The van der Waals surface area contributed by atoms with Crippen LogP contribution < -0.4 is 10.2 Å². The summed E-state index contributed by atoms with van der Waals surface area (Å²) in [6.45, 7) is 10.6. The molecule has 25 heavy (non-hydrogen) atoms. The molecule has 0 spiro atoms. The van der Waals surface area contributed by atoms with Gasteiger partial charge in [-0.3, -0.25) is 4.79 Å². The Balaban J connectivity index is 2.08. The molecule has 7 heteroatoms. The van der Waals surface area contributed by atoms with Crippen LogP contribution in [0.1, 0.15) is 35.7 Å². The average molecular weight is 359 g/mol. The number of thioether (sulfide) groups is 1. The summed E-state index contributed by atoms with van der Waals surface area (Å²) >= 11 is 1.95. The fourth-order valence-electron chi connectivity index (χ4n) is 2.94. The molecule has 1 aliphatic rings. The SMILES string of the molecule is Cc1cc(C)c2c(N3CCSCC3)nc(C(=O)NCC(C)C)nc2n1. The van der Waals surface area contributed by atoms with Crippen LogP contribution in [0.4, 0.5) is 5.82 Å². The van der Waals surface area contributed by atoms with Crippen molar-refractivity contribution < 1.29 is 4.79 Å². The van der Waals surface area contributed by atoms with Crippen molar-refractivity contribution in [2.24, 2.45) is 5.92 Å². The number of hydrogen-bond donors (Lipinski definition) is 1. The van der Waals surface area contributed by atoms with E-state index in [0.29, 0.717) is 18.1 Å². The van der Waals surface area contributed by atoms with Gasteiger partial charge in [0.05, 0.1) is 5.39 Å². The lowest BCUT2D eigenvalue weighted by molar-refractivity contribution is 0.0939. The standard InChI is InChI=1S/C18H25N5OS/c1-11(2)10-19-18(24)16-21-15-14(12(3)9-13(4)20-15)17(22-16)23-5-7-25-8-6-23/h9,11H,5-8,10H2,1-4H3,(H,19,24). The van der Waals surface area contributed by atoms with Crippen molar-refractivity contribution in [2.45, 2.75) is 27.7 Å². The van der Waals surface area contributed by atoms with Gasteiger partial charge in [-0.05, 0) is 31.4 Å². The lowest BCUT2D eigenvalue weighted by atomic mass is 10.1. The molecule has 0 radical (unpaired) electrons. The summed E-state index contributed by atoms with van der Waals surface area (Å²) in [4.78, 5) is 28.4. The van der Waals surface area contributed by atoms with Gasteiger partial charge in [0.25, 0.3) is 5.91 Å². The highest BCUT2D eigenvalue weighted by atomic mass is 32.2. The average Bonchev–Trinajstić information content (AvgIpc) is 2.59. The van der Waals surface area contributed by atoms with Crippen LogP contribution >= 0.6 is 11.8 Å². The third-order valence-corrected chi connectivity index (χ3v) is 5.10. The largest absolute Gasteiger partial charge is 0.354 e. The number of fused-ring (bicyclic) bond motifs is 1. The van der Waals surface area contributed by atoms with E-state index in [1.807, 2.05) is 24.8 Å². The number of carbonyl (C=O) groups is 1. The fourth-order valence-corrected chi connectivity index (χ4v) is 3.84. The summed E-state index contributed by atoms with van der Waals surface area (Å²) < 4.78 is 0. The molecule has 2 aromatic rings. The zero-order valence-corrected chi connectivity index (χ0v) is 16.1. The monoisotopic (exact) mass is 359 g/mol. The Morgan fingerprint density at radius 3 is 2.64 bits per heavy atom. The van der Waals surface area contributed by atoms with Gasteiger partial charge in [-0.15, -0.1) is 0 Å². The van der Waals surface area contributed by atoms with E-state index in [0.717, 1.165) is 47.1 Å². The second-order valence-corrected chi connectivity index (χ2v) is 8.08. The number of carbonyl (C=O) groups excluding carboxylic acids is 1. The fraction of sp³-hybridized carbons (Fsp3) is 0.556. The van der Waals surface area contributed by atoms with Gasteiger partial charge in [0, 0.05) is 36.8 Å². The van der Waals surface area contributed by atoms with E-state index in [4.69, 9.17) is 0 Å². The number of aromatic nitrogens is 3. The predicted molar refractivity (Wildman–Crippen MR) is 104 cm³/mol. The van der Waals surface area contributed by atoms with E-state index in [1.54, 1.807) is 0 Å². The summed E-state index contributed by atoms with van der Waals surface area (Å²) in [5.74, 6) is 3.33. The molecule has 1 aliphatic heterocycles. The lowest BCUT2D eigenvalue weighted by Gasteiger charge is -2.28. The van der Waals surface area contributed by atoms with Crippen LogP contribution in [0.3, 0.4) is 0 Å². The first-order valence-electron chi connectivity index (χ1n) is 8.72. The van der Waals surface area contributed by atoms with Crippen molar-refractivity contribution in [3.05, 3.63) is 23.1 Å². The second-order valence-electron chi connectivity index (χ2n) is 6.85. The highest BCUT2D eigenvalue weighted by molar-refractivity contribution is 7.99. The molecule has 6 nitrogen and oxygen atoms in total. The van der Waals surface area contributed by atoms with Crippen molar-refractivity contribution in [1.82, 2.24) is 20.3 Å². The molecule has 3 heterocycles. The Morgan fingerprint density at radius 1 is 1.24 bits per heavy atom. The van der Waals surface area contributed by atoms with Crippen LogP contribution in [-0.2, 0) is 0 Å². The van der Waals surface area contributed by atoms with Gasteiger partial charge < -0.3 is 10.2 Å².